The second-order valence-corrected chi connectivity index (χ2v) is 6.59. The van der Waals surface area contributed by atoms with Crippen LogP contribution in [0, 0.1) is 13.8 Å². The van der Waals surface area contributed by atoms with Gasteiger partial charge < -0.3 is 15.0 Å². The molecule has 0 spiro atoms. The fourth-order valence-electron chi connectivity index (χ4n) is 3.10. The number of amides is 2. The van der Waals surface area contributed by atoms with Gasteiger partial charge in [0.25, 0.3) is 5.91 Å². The average molecular weight is 366 g/mol. The molecule has 1 fully saturated rings. The molecule has 1 N–H and O–H groups in total. The summed E-state index contributed by atoms with van der Waals surface area (Å²) in [6.07, 6.45) is 1.40. The number of carbonyl (C=O) groups excluding carboxylic acids is 3. The Morgan fingerprint density at radius 3 is 2.33 bits per heavy atom. The van der Waals surface area contributed by atoms with Crippen molar-refractivity contribution in [3.8, 4) is 0 Å². The van der Waals surface area contributed by atoms with Crippen LogP contribution in [0.2, 0.25) is 0 Å². The molecule has 0 atom stereocenters. The summed E-state index contributed by atoms with van der Waals surface area (Å²) in [6, 6.07) is 12.4. The van der Waals surface area contributed by atoms with Gasteiger partial charge in [-0.15, -0.1) is 0 Å². The molecule has 3 rings (SSSR count). The fraction of sp³-hybridized carbons (Fsp3) is 0.286. The number of benzene rings is 2. The Hall–Kier alpha value is -3.15. The van der Waals surface area contributed by atoms with E-state index in [4.69, 9.17) is 4.74 Å². The van der Waals surface area contributed by atoms with E-state index in [0.717, 1.165) is 28.9 Å². The van der Waals surface area contributed by atoms with Crippen LogP contribution in [-0.4, -0.2) is 30.9 Å². The Bertz CT molecular complexity index is 854. The van der Waals surface area contributed by atoms with E-state index in [1.54, 1.807) is 29.2 Å². The molecule has 2 aromatic carbocycles. The van der Waals surface area contributed by atoms with Crippen LogP contribution >= 0.6 is 0 Å². The van der Waals surface area contributed by atoms with E-state index in [1.165, 1.54) is 0 Å². The van der Waals surface area contributed by atoms with Gasteiger partial charge in [-0.1, -0.05) is 18.2 Å². The van der Waals surface area contributed by atoms with E-state index in [1.807, 2.05) is 32.0 Å². The lowest BCUT2D eigenvalue weighted by molar-refractivity contribution is -0.119. The maximum atomic E-state index is 12.1. The van der Waals surface area contributed by atoms with Gasteiger partial charge in [0.2, 0.25) is 5.91 Å². The SMILES string of the molecule is Cc1cccc(C)c1NC(=O)COC(=O)c1ccc(N2CCCC2=O)cc1. The van der Waals surface area contributed by atoms with Crippen molar-refractivity contribution in [2.75, 3.05) is 23.4 Å². The second kappa shape index (κ2) is 8.03. The zero-order chi connectivity index (χ0) is 19.4. The first kappa shape index (κ1) is 18.6. The molecule has 140 valence electrons. The molecule has 2 aromatic rings. The Labute approximate surface area is 158 Å². The summed E-state index contributed by atoms with van der Waals surface area (Å²) in [5.74, 6) is -0.875. The first-order valence-corrected chi connectivity index (χ1v) is 8.89. The molecule has 0 aromatic heterocycles. The number of para-hydroxylation sites is 1. The van der Waals surface area contributed by atoms with E-state index in [9.17, 15) is 14.4 Å². The summed E-state index contributed by atoms with van der Waals surface area (Å²) in [5, 5.41) is 2.78. The van der Waals surface area contributed by atoms with Crippen LogP contribution in [-0.2, 0) is 14.3 Å². The monoisotopic (exact) mass is 366 g/mol. The topological polar surface area (TPSA) is 75.7 Å². The van der Waals surface area contributed by atoms with Crippen LogP contribution in [0.5, 0.6) is 0 Å². The van der Waals surface area contributed by atoms with Crippen molar-refractivity contribution in [2.45, 2.75) is 26.7 Å². The van der Waals surface area contributed by atoms with Gasteiger partial charge in [-0.05, 0) is 55.7 Å². The third kappa shape index (κ3) is 4.34. The number of nitrogens with zero attached hydrogens (tertiary/aromatic N) is 1. The van der Waals surface area contributed by atoms with Crippen LogP contribution in [0.25, 0.3) is 0 Å². The minimum Gasteiger partial charge on any atom is -0.452 e. The maximum absolute atomic E-state index is 12.1. The summed E-state index contributed by atoms with van der Waals surface area (Å²) in [4.78, 5) is 37.7. The quantitative estimate of drug-likeness (QED) is 0.825. The number of anilines is 2. The number of esters is 1. The molecular weight excluding hydrogens is 344 g/mol. The zero-order valence-corrected chi connectivity index (χ0v) is 15.5. The smallest absolute Gasteiger partial charge is 0.338 e. The molecule has 1 aliphatic rings. The van der Waals surface area contributed by atoms with Gasteiger partial charge in [0.1, 0.15) is 0 Å². The van der Waals surface area contributed by atoms with Crippen molar-refractivity contribution in [2.24, 2.45) is 0 Å². The van der Waals surface area contributed by atoms with Gasteiger partial charge in [0.05, 0.1) is 5.56 Å². The van der Waals surface area contributed by atoms with Gasteiger partial charge in [0, 0.05) is 24.3 Å². The van der Waals surface area contributed by atoms with E-state index in [0.29, 0.717) is 18.5 Å². The zero-order valence-electron chi connectivity index (χ0n) is 15.5. The molecular formula is C21H22N2O4. The highest BCUT2D eigenvalue weighted by Crippen LogP contribution is 2.22. The van der Waals surface area contributed by atoms with E-state index in [2.05, 4.69) is 5.32 Å². The molecule has 1 heterocycles. The van der Waals surface area contributed by atoms with Gasteiger partial charge in [0.15, 0.2) is 6.61 Å². The highest BCUT2D eigenvalue weighted by atomic mass is 16.5. The van der Waals surface area contributed by atoms with Gasteiger partial charge >= 0.3 is 5.97 Å². The highest BCUT2D eigenvalue weighted by Gasteiger charge is 2.22. The molecule has 6 heteroatoms. The van der Waals surface area contributed by atoms with Crippen molar-refractivity contribution < 1.29 is 19.1 Å². The number of hydrogen-bond acceptors (Lipinski definition) is 4. The Morgan fingerprint density at radius 2 is 1.74 bits per heavy atom. The van der Waals surface area contributed by atoms with Crippen molar-refractivity contribution in [1.82, 2.24) is 0 Å². The molecule has 0 saturated carbocycles. The molecule has 0 unspecified atom stereocenters. The molecule has 27 heavy (non-hydrogen) atoms. The largest absolute Gasteiger partial charge is 0.452 e. The molecule has 1 saturated heterocycles. The summed E-state index contributed by atoms with van der Waals surface area (Å²) in [6.45, 7) is 4.14. The number of aryl methyl sites for hydroxylation is 2. The first-order valence-electron chi connectivity index (χ1n) is 8.89. The lowest BCUT2D eigenvalue weighted by atomic mass is 10.1. The summed E-state index contributed by atoms with van der Waals surface area (Å²) in [7, 11) is 0. The number of ether oxygens (including phenoxy) is 1. The molecule has 0 aliphatic carbocycles. The molecule has 1 aliphatic heterocycles. The predicted molar refractivity (Wildman–Crippen MR) is 103 cm³/mol. The van der Waals surface area contributed by atoms with Crippen LogP contribution in [0.15, 0.2) is 42.5 Å². The lowest BCUT2D eigenvalue weighted by Gasteiger charge is -2.15. The van der Waals surface area contributed by atoms with Crippen molar-refractivity contribution in [3.05, 3.63) is 59.2 Å². The highest BCUT2D eigenvalue weighted by molar-refractivity contribution is 5.98. The second-order valence-electron chi connectivity index (χ2n) is 6.59. The van der Waals surface area contributed by atoms with Gasteiger partial charge in [-0.2, -0.15) is 0 Å². The van der Waals surface area contributed by atoms with Crippen LogP contribution in [0.1, 0.15) is 34.3 Å². The Morgan fingerprint density at radius 1 is 1.07 bits per heavy atom. The molecule has 6 nitrogen and oxygen atoms in total. The van der Waals surface area contributed by atoms with Gasteiger partial charge in [-0.3, -0.25) is 9.59 Å². The number of nitrogens with one attached hydrogen (secondary N) is 1. The average Bonchev–Trinajstić information content (AvgIpc) is 3.09. The van der Waals surface area contributed by atoms with E-state index in [-0.39, 0.29) is 18.4 Å². The Balaban J connectivity index is 1.56. The van der Waals surface area contributed by atoms with Crippen molar-refractivity contribution in [1.29, 1.82) is 0 Å². The fourth-order valence-corrected chi connectivity index (χ4v) is 3.10. The van der Waals surface area contributed by atoms with Crippen LogP contribution in [0.4, 0.5) is 11.4 Å². The summed E-state index contributed by atoms with van der Waals surface area (Å²) < 4.78 is 5.10. The standard InChI is InChI=1S/C21H22N2O4/c1-14-5-3-6-15(2)20(14)22-18(24)13-27-21(26)16-8-10-17(11-9-16)23-12-4-7-19(23)25/h3,5-6,8-11H,4,7,12-13H2,1-2H3,(H,22,24). The lowest BCUT2D eigenvalue weighted by Crippen LogP contribution is -2.24. The summed E-state index contributed by atoms with van der Waals surface area (Å²) >= 11 is 0. The van der Waals surface area contributed by atoms with E-state index >= 15 is 0 Å². The van der Waals surface area contributed by atoms with Gasteiger partial charge in [-0.25, -0.2) is 4.79 Å². The minimum atomic E-state index is -0.578. The molecule has 0 radical (unpaired) electrons. The third-order valence-corrected chi connectivity index (χ3v) is 4.57. The van der Waals surface area contributed by atoms with Crippen LogP contribution in [0.3, 0.4) is 0 Å². The van der Waals surface area contributed by atoms with Crippen molar-refractivity contribution in [3.63, 3.8) is 0 Å². The first-order chi connectivity index (χ1) is 13.0. The maximum Gasteiger partial charge on any atom is 0.338 e. The van der Waals surface area contributed by atoms with E-state index < -0.39 is 5.97 Å². The molecule has 2 amide bonds. The van der Waals surface area contributed by atoms with Crippen molar-refractivity contribution >= 4 is 29.2 Å². The van der Waals surface area contributed by atoms with Crippen LogP contribution < -0.4 is 10.2 Å². The Kier molecular flexibility index (Phi) is 5.54. The summed E-state index contributed by atoms with van der Waals surface area (Å²) in [5.41, 5.74) is 3.73. The molecule has 0 bridgehead atoms. The normalized spacial score (nSPS) is 13.6. The number of hydrogen-bond donors (Lipinski definition) is 1. The predicted octanol–water partition coefficient (Wildman–Crippen LogP) is 3.23. The number of rotatable bonds is 5. The number of carbonyl (C=O) groups is 3. The third-order valence-electron chi connectivity index (χ3n) is 4.57. The minimum absolute atomic E-state index is 0.0912.